The van der Waals surface area contributed by atoms with Crippen LogP contribution in [-0.2, 0) is 22.5 Å². The zero-order chi connectivity index (χ0) is 23.9. The number of carbonyl (C=O) groups is 1. The number of fused-ring (bicyclic) bond motifs is 2. The molecule has 1 fully saturated rings. The number of hydrogen-bond acceptors (Lipinski definition) is 4. The predicted molar refractivity (Wildman–Crippen MR) is 135 cm³/mol. The van der Waals surface area contributed by atoms with E-state index in [4.69, 9.17) is 15.9 Å². The van der Waals surface area contributed by atoms with Crippen LogP contribution in [0, 0.1) is 16.5 Å². The number of benzene rings is 3. The molecular weight excluding hydrogens is 426 g/mol. The van der Waals surface area contributed by atoms with E-state index < -0.39 is 16.7 Å². The number of carbonyl (C=O) groups excluding carboxylic acids is 1. The second-order valence-corrected chi connectivity index (χ2v) is 9.89. The third-order valence-electron chi connectivity index (χ3n) is 7.52. The summed E-state index contributed by atoms with van der Waals surface area (Å²) in [5.74, 6) is 0.133. The van der Waals surface area contributed by atoms with Gasteiger partial charge in [-0.05, 0) is 42.4 Å². The Morgan fingerprint density at radius 1 is 1.09 bits per heavy atom. The summed E-state index contributed by atoms with van der Waals surface area (Å²) >= 11 is 0. The summed E-state index contributed by atoms with van der Waals surface area (Å²) in [6, 6.07) is 18.3. The first-order chi connectivity index (χ1) is 16.3. The predicted octanol–water partition coefficient (Wildman–Crippen LogP) is 5.18. The summed E-state index contributed by atoms with van der Waals surface area (Å²) in [5.41, 5.74) is 8.43. The van der Waals surface area contributed by atoms with E-state index in [1.54, 1.807) is 12.1 Å². The molecule has 1 aliphatic carbocycles. The SMILES string of the molecule is CC1CCC(OC(=O)C2Cc3ccc(C(=N)N)cc3[N+]2([O-])Cc2cccc3ccccc23)CC1. The van der Waals surface area contributed by atoms with E-state index in [0.717, 1.165) is 47.6 Å². The molecule has 1 aliphatic heterocycles. The fraction of sp³-hybridized carbons (Fsp3) is 0.357. The molecule has 0 radical (unpaired) electrons. The van der Waals surface area contributed by atoms with Crippen molar-refractivity contribution in [3.05, 3.63) is 82.6 Å². The number of nitrogens with zero attached hydrogens (tertiary/aromatic N) is 1. The highest BCUT2D eigenvalue weighted by Gasteiger charge is 2.47. The molecule has 0 bridgehead atoms. The molecule has 0 spiro atoms. The van der Waals surface area contributed by atoms with E-state index >= 15 is 0 Å². The van der Waals surface area contributed by atoms with Crippen molar-refractivity contribution in [1.82, 2.24) is 4.65 Å². The van der Waals surface area contributed by atoms with Crippen LogP contribution < -0.4 is 10.4 Å². The van der Waals surface area contributed by atoms with Crippen LogP contribution in [0.4, 0.5) is 5.69 Å². The Bertz CT molecular complexity index is 1240. The van der Waals surface area contributed by atoms with E-state index in [0.29, 0.717) is 23.6 Å². The number of rotatable bonds is 5. The van der Waals surface area contributed by atoms with E-state index in [-0.39, 0.29) is 18.5 Å². The molecule has 5 rings (SSSR count). The highest BCUT2D eigenvalue weighted by Crippen LogP contribution is 2.42. The highest BCUT2D eigenvalue weighted by molar-refractivity contribution is 5.96. The van der Waals surface area contributed by atoms with Gasteiger partial charge >= 0.3 is 5.97 Å². The Hall–Kier alpha value is -3.22. The van der Waals surface area contributed by atoms with Gasteiger partial charge in [0.2, 0.25) is 0 Å². The van der Waals surface area contributed by atoms with E-state index in [1.165, 1.54) is 0 Å². The number of quaternary nitrogens is 1. The highest BCUT2D eigenvalue weighted by atomic mass is 16.6. The van der Waals surface area contributed by atoms with Crippen molar-refractivity contribution >= 4 is 28.3 Å². The van der Waals surface area contributed by atoms with Gasteiger partial charge in [-0.15, -0.1) is 0 Å². The van der Waals surface area contributed by atoms with Crippen molar-refractivity contribution in [2.24, 2.45) is 11.7 Å². The van der Waals surface area contributed by atoms with Crippen LogP contribution in [0.25, 0.3) is 10.8 Å². The molecule has 3 aromatic rings. The van der Waals surface area contributed by atoms with Crippen LogP contribution in [-0.4, -0.2) is 24.0 Å². The second-order valence-electron chi connectivity index (χ2n) is 9.89. The zero-order valence-electron chi connectivity index (χ0n) is 19.5. The van der Waals surface area contributed by atoms with Crippen LogP contribution in [0.15, 0.2) is 60.7 Å². The first-order valence-electron chi connectivity index (χ1n) is 12.1. The molecule has 6 nitrogen and oxygen atoms in total. The molecule has 0 amide bonds. The first-order valence-corrected chi connectivity index (χ1v) is 12.1. The molecule has 2 atom stereocenters. The average molecular weight is 458 g/mol. The molecule has 1 saturated carbocycles. The maximum absolute atomic E-state index is 14.7. The number of nitrogens with two attached hydrogens (primary N) is 1. The molecule has 34 heavy (non-hydrogen) atoms. The standard InChI is InChI=1S/C28H31N3O3/c1-18-9-13-23(14-10-18)34-28(32)26-15-20-11-12-21(27(29)30)16-25(20)31(26,33)17-22-7-4-6-19-5-2-3-8-24(19)22/h2-8,11-12,16,18,23,26H,9-10,13-15,17H2,1H3,(H3,29,30). The van der Waals surface area contributed by atoms with E-state index in [9.17, 15) is 10.0 Å². The molecule has 3 aromatic carbocycles. The fourth-order valence-electron chi connectivity index (χ4n) is 5.50. The molecule has 1 heterocycles. The molecule has 2 aliphatic rings. The lowest BCUT2D eigenvalue weighted by molar-refractivity contribution is -0.155. The van der Waals surface area contributed by atoms with E-state index in [1.807, 2.05) is 48.5 Å². The zero-order valence-corrected chi connectivity index (χ0v) is 19.5. The minimum Gasteiger partial charge on any atom is -0.626 e. The molecular formula is C28H31N3O3. The number of ether oxygens (including phenoxy) is 1. The summed E-state index contributed by atoms with van der Waals surface area (Å²) in [6.45, 7) is 2.33. The van der Waals surface area contributed by atoms with Gasteiger partial charge in [-0.25, -0.2) is 4.79 Å². The van der Waals surface area contributed by atoms with Crippen molar-refractivity contribution in [3.8, 4) is 0 Å². The summed E-state index contributed by atoms with van der Waals surface area (Å²) in [5, 5.41) is 24.6. The van der Waals surface area contributed by atoms with E-state index in [2.05, 4.69) is 6.92 Å². The summed E-state index contributed by atoms with van der Waals surface area (Å²) in [4.78, 5) is 13.4. The largest absolute Gasteiger partial charge is 0.626 e. The maximum atomic E-state index is 14.7. The van der Waals surface area contributed by atoms with Crippen LogP contribution in [0.5, 0.6) is 0 Å². The molecule has 176 valence electrons. The Balaban J connectivity index is 1.53. The normalized spacial score (nSPS) is 26.2. The number of nitrogen functional groups attached to an aromatic ring is 1. The fourth-order valence-corrected chi connectivity index (χ4v) is 5.50. The minimum atomic E-state index is -0.879. The second kappa shape index (κ2) is 8.85. The molecule has 3 N–H and O–H groups in total. The minimum absolute atomic E-state index is 0.0955. The van der Waals surface area contributed by atoms with Crippen molar-refractivity contribution in [2.75, 3.05) is 0 Å². The average Bonchev–Trinajstić information content (AvgIpc) is 3.12. The Labute approximate surface area is 200 Å². The van der Waals surface area contributed by atoms with Crippen LogP contribution in [0.2, 0.25) is 0 Å². The number of amidine groups is 1. The molecule has 0 saturated heterocycles. The molecule has 6 heteroatoms. The van der Waals surface area contributed by atoms with Crippen molar-refractivity contribution in [3.63, 3.8) is 0 Å². The van der Waals surface area contributed by atoms with Crippen LogP contribution in [0.1, 0.15) is 49.3 Å². The third kappa shape index (κ3) is 4.08. The lowest BCUT2D eigenvalue weighted by Gasteiger charge is -2.43. The summed E-state index contributed by atoms with van der Waals surface area (Å²) in [7, 11) is 0. The summed E-state index contributed by atoms with van der Waals surface area (Å²) in [6.07, 6.45) is 3.98. The van der Waals surface area contributed by atoms with Crippen molar-refractivity contribution < 1.29 is 9.53 Å². The van der Waals surface area contributed by atoms with Crippen LogP contribution in [0.3, 0.4) is 0 Å². The van der Waals surface area contributed by atoms with Gasteiger partial charge in [0.1, 0.15) is 24.2 Å². The van der Waals surface area contributed by atoms with Gasteiger partial charge in [-0.2, -0.15) is 0 Å². The van der Waals surface area contributed by atoms with Gasteiger partial charge in [-0.1, -0.05) is 61.5 Å². The van der Waals surface area contributed by atoms with Gasteiger partial charge < -0.3 is 20.3 Å². The van der Waals surface area contributed by atoms with Crippen molar-refractivity contribution in [2.45, 2.75) is 57.7 Å². The van der Waals surface area contributed by atoms with Crippen molar-refractivity contribution in [1.29, 1.82) is 5.41 Å². The topological polar surface area (TPSA) is 99.2 Å². The maximum Gasteiger partial charge on any atom is 0.366 e. The Morgan fingerprint density at radius 2 is 1.82 bits per heavy atom. The van der Waals surface area contributed by atoms with Gasteiger partial charge in [0, 0.05) is 29.2 Å². The Kier molecular flexibility index (Phi) is 5.88. The van der Waals surface area contributed by atoms with Crippen LogP contribution >= 0.6 is 0 Å². The number of hydroxylamine groups is 2. The lowest BCUT2D eigenvalue weighted by Crippen LogP contribution is -2.54. The van der Waals surface area contributed by atoms with Gasteiger partial charge in [0.05, 0.1) is 0 Å². The number of esters is 1. The number of nitrogens with one attached hydrogen (secondary N) is 1. The molecule has 2 unspecified atom stereocenters. The molecule has 0 aromatic heterocycles. The Morgan fingerprint density at radius 3 is 2.59 bits per heavy atom. The van der Waals surface area contributed by atoms with Gasteiger partial charge in [-0.3, -0.25) is 5.41 Å². The third-order valence-corrected chi connectivity index (χ3v) is 7.52. The monoisotopic (exact) mass is 457 g/mol. The lowest BCUT2D eigenvalue weighted by atomic mass is 9.89. The van der Waals surface area contributed by atoms with Gasteiger partial charge in [0.25, 0.3) is 0 Å². The van der Waals surface area contributed by atoms with Gasteiger partial charge in [0.15, 0.2) is 6.04 Å². The first kappa shape index (κ1) is 22.6. The summed E-state index contributed by atoms with van der Waals surface area (Å²) < 4.78 is 5.10. The smallest absolute Gasteiger partial charge is 0.366 e. The quantitative estimate of drug-likeness (QED) is 0.181. The number of hydrogen-bond donors (Lipinski definition) is 2.